The molecule has 0 aliphatic carbocycles. The van der Waals surface area contributed by atoms with Gasteiger partial charge in [-0.3, -0.25) is 4.79 Å². The summed E-state index contributed by atoms with van der Waals surface area (Å²) in [4.78, 5) is 18.2. The Balaban J connectivity index is 1.86. The highest BCUT2D eigenvalue weighted by atomic mass is 32.1. The van der Waals surface area contributed by atoms with E-state index in [4.69, 9.17) is 14.8 Å². The van der Waals surface area contributed by atoms with Crippen LogP contribution in [0.3, 0.4) is 0 Å². The number of benzene rings is 2. The minimum atomic E-state index is -0.00101. The largest absolute Gasteiger partial charge is 0.495 e. The monoisotopic (exact) mass is 409 g/mol. The molecule has 150 valence electrons. The van der Waals surface area contributed by atoms with Gasteiger partial charge >= 0.3 is 0 Å². The second kappa shape index (κ2) is 8.73. The lowest BCUT2D eigenvalue weighted by atomic mass is 10.1. The Morgan fingerprint density at radius 3 is 2.69 bits per heavy atom. The molecule has 0 atom stereocenters. The molecule has 6 nitrogen and oxygen atoms in total. The number of aromatic nitrogens is 1. The molecule has 2 heterocycles. The maximum Gasteiger partial charge on any atom is 0.196 e. The number of methoxy groups -OCH3 is 1. The van der Waals surface area contributed by atoms with Gasteiger partial charge in [0.2, 0.25) is 0 Å². The molecule has 0 saturated heterocycles. The van der Waals surface area contributed by atoms with Crippen LogP contribution in [-0.2, 0) is 0 Å². The molecule has 4 aromatic rings. The van der Waals surface area contributed by atoms with Crippen LogP contribution in [0.25, 0.3) is 31.1 Å². The van der Waals surface area contributed by atoms with Crippen LogP contribution in [0.5, 0.6) is 5.75 Å². The average Bonchev–Trinajstić information content (AvgIpc) is 2.75. The van der Waals surface area contributed by atoms with Gasteiger partial charge in [-0.25, -0.2) is 4.98 Å². The normalized spacial score (nSPS) is 11.4. The van der Waals surface area contributed by atoms with Crippen LogP contribution in [0.4, 0.5) is 5.82 Å². The molecule has 2 aromatic carbocycles. The third-order valence-electron chi connectivity index (χ3n) is 4.83. The highest BCUT2D eigenvalue weighted by Gasteiger charge is 2.16. The summed E-state index contributed by atoms with van der Waals surface area (Å²) in [5, 5.41) is 17.6. The molecule has 4 rings (SSSR count). The third-order valence-corrected chi connectivity index (χ3v) is 6.06. The predicted molar refractivity (Wildman–Crippen MR) is 121 cm³/mol. The van der Waals surface area contributed by atoms with E-state index >= 15 is 0 Å². The van der Waals surface area contributed by atoms with Gasteiger partial charge in [0.15, 0.2) is 5.43 Å². The van der Waals surface area contributed by atoms with Crippen molar-refractivity contribution in [1.29, 1.82) is 0 Å². The molecule has 0 aliphatic rings. The molecule has 29 heavy (non-hydrogen) atoms. The number of anilines is 1. The van der Waals surface area contributed by atoms with Gasteiger partial charge in [0, 0.05) is 23.9 Å². The number of hydrogen-bond acceptors (Lipinski definition) is 7. The number of aliphatic hydroxyl groups is 1. The fourth-order valence-electron chi connectivity index (χ4n) is 3.46. The molecule has 0 unspecified atom stereocenters. The lowest BCUT2D eigenvalue weighted by Gasteiger charge is -2.13. The van der Waals surface area contributed by atoms with Crippen LogP contribution < -0.4 is 20.8 Å². The molecular weight excluding hydrogens is 386 g/mol. The van der Waals surface area contributed by atoms with Gasteiger partial charge < -0.3 is 20.5 Å². The predicted octanol–water partition coefficient (Wildman–Crippen LogP) is 3.36. The van der Waals surface area contributed by atoms with Gasteiger partial charge in [-0.1, -0.05) is 24.3 Å². The van der Waals surface area contributed by atoms with E-state index in [2.05, 4.69) is 10.6 Å². The van der Waals surface area contributed by atoms with E-state index in [0.29, 0.717) is 29.6 Å². The molecule has 0 fully saturated rings. The van der Waals surface area contributed by atoms with Crippen LogP contribution in [0, 0.1) is 0 Å². The smallest absolute Gasteiger partial charge is 0.196 e. The summed E-state index contributed by atoms with van der Waals surface area (Å²) in [5.41, 5.74) is 0.798. The summed E-state index contributed by atoms with van der Waals surface area (Å²) in [6.45, 7) is 2.23. The first kappa shape index (κ1) is 19.6. The molecule has 7 heteroatoms. The summed E-state index contributed by atoms with van der Waals surface area (Å²) >= 11 is 1.53. The molecule has 3 N–H and O–H groups in total. The first-order valence-corrected chi connectivity index (χ1v) is 10.4. The van der Waals surface area contributed by atoms with Crippen molar-refractivity contribution >= 4 is 48.2 Å². The Bertz CT molecular complexity index is 1220. The van der Waals surface area contributed by atoms with E-state index < -0.39 is 0 Å². The van der Waals surface area contributed by atoms with E-state index in [1.165, 1.54) is 11.3 Å². The Hall–Kier alpha value is -2.74. The van der Waals surface area contributed by atoms with Crippen molar-refractivity contribution in [2.45, 2.75) is 6.42 Å². The SMILES string of the molecule is COc1cccc2c(=O)c3c(sc12)c(NCCCNCCO)nc1ccccc13. The zero-order chi connectivity index (χ0) is 20.2. The zero-order valence-electron chi connectivity index (χ0n) is 16.2. The van der Waals surface area contributed by atoms with Crippen LogP contribution in [0.2, 0.25) is 0 Å². The zero-order valence-corrected chi connectivity index (χ0v) is 17.0. The van der Waals surface area contributed by atoms with Crippen LogP contribution >= 0.6 is 11.3 Å². The van der Waals surface area contributed by atoms with Crippen LogP contribution in [-0.4, -0.2) is 43.4 Å². The Morgan fingerprint density at radius 1 is 1.03 bits per heavy atom. The van der Waals surface area contributed by atoms with Crippen LogP contribution in [0.15, 0.2) is 47.3 Å². The van der Waals surface area contributed by atoms with Gasteiger partial charge in [-0.15, -0.1) is 11.3 Å². The number of para-hydroxylation sites is 1. The summed E-state index contributed by atoms with van der Waals surface area (Å²) in [5.74, 6) is 1.41. The van der Waals surface area contributed by atoms with Crippen molar-refractivity contribution < 1.29 is 9.84 Å². The molecule has 0 bridgehead atoms. The maximum atomic E-state index is 13.4. The van der Waals surface area contributed by atoms with Gasteiger partial charge in [0.1, 0.15) is 11.6 Å². The molecular formula is C22H23N3O3S. The Morgan fingerprint density at radius 2 is 1.86 bits per heavy atom. The number of aliphatic hydroxyl groups excluding tert-OH is 1. The van der Waals surface area contributed by atoms with E-state index in [0.717, 1.165) is 39.1 Å². The van der Waals surface area contributed by atoms with E-state index in [-0.39, 0.29) is 12.0 Å². The van der Waals surface area contributed by atoms with Crippen molar-refractivity contribution in [2.24, 2.45) is 0 Å². The highest BCUT2D eigenvalue weighted by Crippen LogP contribution is 2.37. The molecule has 0 radical (unpaired) electrons. The maximum absolute atomic E-state index is 13.4. The number of nitrogens with zero attached hydrogens (tertiary/aromatic N) is 1. The van der Waals surface area contributed by atoms with Gasteiger partial charge in [0.25, 0.3) is 0 Å². The van der Waals surface area contributed by atoms with Gasteiger partial charge in [-0.2, -0.15) is 0 Å². The molecule has 0 amide bonds. The molecule has 0 saturated carbocycles. The van der Waals surface area contributed by atoms with Crippen LogP contribution in [0.1, 0.15) is 6.42 Å². The third kappa shape index (κ3) is 3.76. The number of fused-ring (bicyclic) bond motifs is 4. The quantitative estimate of drug-likeness (QED) is 0.235. The topological polar surface area (TPSA) is 83.5 Å². The molecule has 2 aromatic heterocycles. The number of ether oxygens (including phenoxy) is 1. The van der Waals surface area contributed by atoms with Crippen molar-refractivity contribution in [3.05, 3.63) is 52.7 Å². The average molecular weight is 410 g/mol. The highest BCUT2D eigenvalue weighted by molar-refractivity contribution is 7.25. The summed E-state index contributed by atoms with van der Waals surface area (Å²) in [6.07, 6.45) is 0.877. The van der Waals surface area contributed by atoms with Crippen molar-refractivity contribution in [1.82, 2.24) is 10.3 Å². The molecule has 0 aliphatic heterocycles. The van der Waals surface area contributed by atoms with E-state index in [1.807, 2.05) is 42.5 Å². The second-order valence-electron chi connectivity index (χ2n) is 6.70. The Kier molecular flexibility index (Phi) is 5.89. The van der Waals surface area contributed by atoms with Gasteiger partial charge in [-0.05, 0) is 31.2 Å². The number of rotatable bonds is 8. The van der Waals surface area contributed by atoms with Crippen molar-refractivity contribution in [3.63, 3.8) is 0 Å². The summed E-state index contributed by atoms with van der Waals surface area (Å²) in [6, 6.07) is 13.3. The Labute approximate surface area is 172 Å². The first-order valence-electron chi connectivity index (χ1n) is 9.62. The fourth-order valence-corrected chi connectivity index (χ4v) is 4.71. The number of hydrogen-bond donors (Lipinski definition) is 3. The number of nitrogens with one attached hydrogen (secondary N) is 2. The minimum Gasteiger partial charge on any atom is -0.495 e. The molecule has 0 spiro atoms. The summed E-state index contributed by atoms with van der Waals surface area (Å²) in [7, 11) is 1.62. The van der Waals surface area contributed by atoms with Crippen molar-refractivity contribution in [3.8, 4) is 5.75 Å². The first-order chi connectivity index (χ1) is 14.2. The van der Waals surface area contributed by atoms with E-state index in [9.17, 15) is 4.79 Å². The van der Waals surface area contributed by atoms with E-state index in [1.54, 1.807) is 7.11 Å². The van der Waals surface area contributed by atoms with Crippen molar-refractivity contribution in [2.75, 3.05) is 38.7 Å². The lowest BCUT2D eigenvalue weighted by Crippen LogP contribution is -2.21. The second-order valence-corrected chi connectivity index (χ2v) is 7.72. The number of pyridine rings is 1. The standard InChI is InChI=1S/C22H23N3O3S/c1-28-17-9-4-7-15-19(27)18-14-6-2-3-8-16(14)25-22(21(18)29-20(15)17)24-11-5-10-23-12-13-26/h2-4,6-9,23,26H,5,10-13H2,1H3,(H,24,25). The fraction of sp³-hybridized carbons (Fsp3) is 0.273. The summed E-state index contributed by atoms with van der Waals surface area (Å²) < 4.78 is 7.17. The minimum absolute atomic E-state index is 0.00101. The lowest BCUT2D eigenvalue weighted by molar-refractivity contribution is 0.292. The van der Waals surface area contributed by atoms with Gasteiger partial charge in [0.05, 0.1) is 34.0 Å².